The van der Waals surface area contributed by atoms with Crippen molar-refractivity contribution in [2.24, 2.45) is 7.05 Å². The SMILES string of the molecule is Cn1nc(-c2ccccc2)c2cc(C(=O)NC(C)(C)CN3CCN(c4ncccn4)CC3)sc21. The minimum atomic E-state index is -0.362. The van der Waals surface area contributed by atoms with E-state index in [-0.39, 0.29) is 11.4 Å². The molecule has 1 amide bonds. The maximum atomic E-state index is 13.2. The molecule has 1 aromatic carbocycles. The summed E-state index contributed by atoms with van der Waals surface area (Å²) in [6.45, 7) is 8.52. The molecule has 1 aliphatic heterocycles. The van der Waals surface area contributed by atoms with Crippen LogP contribution < -0.4 is 10.2 Å². The second-order valence-corrected chi connectivity index (χ2v) is 10.3. The summed E-state index contributed by atoms with van der Waals surface area (Å²) >= 11 is 1.49. The molecule has 5 rings (SSSR count). The first-order valence-electron chi connectivity index (χ1n) is 11.5. The van der Waals surface area contributed by atoms with E-state index in [2.05, 4.69) is 44.0 Å². The Morgan fingerprint density at radius 3 is 2.47 bits per heavy atom. The fourth-order valence-corrected chi connectivity index (χ4v) is 5.46. The number of carbonyl (C=O) groups excluding carboxylic acids is 1. The molecule has 9 heteroatoms. The minimum Gasteiger partial charge on any atom is -0.345 e. The summed E-state index contributed by atoms with van der Waals surface area (Å²) in [6, 6.07) is 13.9. The molecule has 4 heterocycles. The normalized spacial score (nSPS) is 15.1. The van der Waals surface area contributed by atoms with Gasteiger partial charge in [-0.1, -0.05) is 30.3 Å². The molecule has 0 atom stereocenters. The van der Waals surface area contributed by atoms with Crippen LogP contribution in [0.15, 0.2) is 54.9 Å². The molecule has 0 spiro atoms. The van der Waals surface area contributed by atoms with Gasteiger partial charge in [0.05, 0.1) is 4.88 Å². The van der Waals surface area contributed by atoms with Crippen molar-refractivity contribution in [3.63, 3.8) is 0 Å². The quantitative estimate of drug-likeness (QED) is 0.460. The minimum absolute atomic E-state index is 0.0402. The number of carbonyl (C=O) groups is 1. The van der Waals surface area contributed by atoms with Gasteiger partial charge in [0.2, 0.25) is 5.95 Å². The van der Waals surface area contributed by atoms with Crippen molar-refractivity contribution >= 4 is 33.4 Å². The lowest BCUT2D eigenvalue weighted by atomic mass is 10.0. The van der Waals surface area contributed by atoms with Crippen molar-refractivity contribution in [1.82, 2.24) is 30.0 Å². The lowest BCUT2D eigenvalue weighted by Crippen LogP contribution is -2.56. The zero-order chi connectivity index (χ0) is 23.7. The van der Waals surface area contributed by atoms with Gasteiger partial charge in [0.15, 0.2) is 0 Å². The third kappa shape index (κ3) is 4.67. The summed E-state index contributed by atoms with van der Waals surface area (Å²) in [5.74, 6) is 0.741. The lowest BCUT2D eigenvalue weighted by Gasteiger charge is -2.39. The van der Waals surface area contributed by atoms with Crippen molar-refractivity contribution in [3.8, 4) is 11.3 Å². The number of anilines is 1. The van der Waals surface area contributed by atoms with Crippen LogP contribution in [0.2, 0.25) is 0 Å². The van der Waals surface area contributed by atoms with Crippen molar-refractivity contribution < 1.29 is 4.79 Å². The molecule has 4 aromatic rings. The van der Waals surface area contributed by atoms with E-state index in [4.69, 9.17) is 0 Å². The molecule has 176 valence electrons. The Hall–Kier alpha value is -3.30. The van der Waals surface area contributed by atoms with Crippen LogP contribution in [0.1, 0.15) is 23.5 Å². The molecule has 0 aliphatic carbocycles. The van der Waals surface area contributed by atoms with Gasteiger partial charge in [-0.05, 0) is 26.0 Å². The summed E-state index contributed by atoms with van der Waals surface area (Å²) in [5.41, 5.74) is 1.60. The third-order valence-electron chi connectivity index (χ3n) is 6.06. The Labute approximate surface area is 203 Å². The number of aryl methyl sites for hydroxylation is 1. The number of rotatable bonds is 6. The van der Waals surface area contributed by atoms with Gasteiger partial charge in [-0.25, -0.2) is 9.97 Å². The molecule has 1 fully saturated rings. The summed E-state index contributed by atoms with van der Waals surface area (Å²) < 4.78 is 1.86. The fraction of sp³-hybridized carbons (Fsp3) is 0.360. The van der Waals surface area contributed by atoms with Crippen LogP contribution >= 0.6 is 11.3 Å². The van der Waals surface area contributed by atoms with E-state index < -0.39 is 0 Å². The summed E-state index contributed by atoms with van der Waals surface area (Å²) in [4.78, 5) is 28.2. The Bertz CT molecular complexity index is 1270. The number of amides is 1. The van der Waals surface area contributed by atoms with Gasteiger partial charge in [0, 0.05) is 68.7 Å². The van der Waals surface area contributed by atoms with Crippen LogP contribution in [0, 0.1) is 0 Å². The summed E-state index contributed by atoms with van der Waals surface area (Å²) in [6.07, 6.45) is 3.56. The van der Waals surface area contributed by atoms with Crippen LogP contribution in [0.3, 0.4) is 0 Å². The van der Waals surface area contributed by atoms with E-state index in [1.54, 1.807) is 12.4 Å². The van der Waals surface area contributed by atoms with Crippen LogP contribution in [-0.4, -0.2) is 68.8 Å². The maximum absolute atomic E-state index is 13.2. The van der Waals surface area contributed by atoms with Crippen LogP contribution in [-0.2, 0) is 7.05 Å². The van der Waals surface area contributed by atoms with Crippen LogP contribution in [0.5, 0.6) is 0 Å². The number of nitrogens with zero attached hydrogens (tertiary/aromatic N) is 6. The standard InChI is InChI=1S/C25H29N7OS/c1-25(2,17-31-12-14-32(15-13-31)24-26-10-7-11-27-24)28-22(33)20-16-19-21(18-8-5-4-6-9-18)29-30(3)23(19)34-20/h4-11,16H,12-15,17H2,1-3H3,(H,28,33). The van der Waals surface area contributed by atoms with E-state index in [0.717, 1.165) is 60.1 Å². The monoisotopic (exact) mass is 475 g/mol. The molecule has 3 aromatic heterocycles. The second-order valence-electron chi connectivity index (χ2n) is 9.32. The van der Waals surface area contributed by atoms with E-state index >= 15 is 0 Å². The number of hydrogen-bond donors (Lipinski definition) is 1. The number of aromatic nitrogens is 4. The van der Waals surface area contributed by atoms with Gasteiger partial charge in [0.25, 0.3) is 5.91 Å². The van der Waals surface area contributed by atoms with Crippen LogP contribution in [0.4, 0.5) is 5.95 Å². The van der Waals surface area contributed by atoms with Crippen molar-refractivity contribution in [2.75, 3.05) is 37.6 Å². The third-order valence-corrected chi connectivity index (χ3v) is 7.26. The zero-order valence-corrected chi connectivity index (χ0v) is 20.5. The van der Waals surface area contributed by atoms with Crippen LogP contribution in [0.25, 0.3) is 21.5 Å². The Kier molecular flexibility index (Phi) is 6.05. The number of nitrogens with one attached hydrogen (secondary N) is 1. The first-order valence-corrected chi connectivity index (χ1v) is 12.3. The molecule has 34 heavy (non-hydrogen) atoms. The first-order chi connectivity index (χ1) is 16.4. The highest BCUT2D eigenvalue weighted by Gasteiger charge is 2.28. The molecular weight excluding hydrogens is 446 g/mol. The van der Waals surface area contributed by atoms with Gasteiger partial charge < -0.3 is 10.2 Å². The highest BCUT2D eigenvalue weighted by molar-refractivity contribution is 7.20. The number of fused-ring (bicyclic) bond motifs is 1. The van der Waals surface area contributed by atoms with E-state index in [9.17, 15) is 4.79 Å². The number of benzene rings is 1. The molecule has 0 unspecified atom stereocenters. The molecule has 1 N–H and O–H groups in total. The molecule has 0 saturated carbocycles. The van der Waals surface area contributed by atoms with Gasteiger partial charge >= 0.3 is 0 Å². The first kappa shape index (κ1) is 22.5. The number of thiophene rings is 1. The van der Waals surface area contributed by atoms with E-state index in [1.165, 1.54) is 11.3 Å². The van der Waals surface area contributed by atoms with Gasteiger partial charge in [-0.3, -0.25) is 14.4 Å². The Morgan fingerprint density at radius 1 is 1.06 bits per heavy atom. The fourth-order valence-electron chi connectivity index (χ4n) is 4.49. The highest BCUT2D eigenvalue weighted by Crippen LogP contribution is 2.33. The topological polar surface area (TPSA) is 79.2 Å². The van der Waals surface area contributed by atoms with Crippen molar-refractivity contribution in [1.29, 1.82) is 0 Å². The Morgan fingerprint density at radius 2 is 1.76 bits per heavy atom. The average molecular weight is 476 g/mol. The van der Waals surface area contributed by atoms with Gasteiger partial charge in [-0.15, -0.1) is 11.3 Å². The zero-order valence-electron chi connectivity index (χ0n) is 19.7. The van der Waals surface area contributed by atoms with E-state index in [1.807, 2.05) is 54.2 Å². The molecule has 1 aliphatic rings. The lowest BCUT2D eigenvalue weighted by molar-refractivity contribution is 0.0888. The van der Waals surface area contributed by atoms with Crippen molar-refractivity contribution in [3.05, 3.63) is 59.7 Å². The van der Waals surface area contributed by atoms with E-state index in [0.29, 0.717) is 4.88 Å². The maximum Gasteiger partial charge on any atom is 0.261 e. The number of hydrogen-bond acceptors (Lipinski definition) is 7. The van der Waals surface area contributed by atoms with Crippen molar-refractivity contribution in [2.45, 2.75) is 19.4 Å². The molecular formula is C25H29N7OS. The predicted octanol–water partition coefficient (Wildman–Crippen LogP) is 3.42. The molecule has 1 saturated heterocycles. The molecule has 0 bridgehead atoms. The average Bonchev–Trinajstić information content (AvgIpc) is 3.41. The van der Waals surface area contributed by atoms with Gasteiger partial charge in [-0.2, -0.15) is 5.10 Å². The van der Waals surface area contributed by atoms with Gasteiger partial charge in [0.1, 0.15) is 10.5 Å². The predicted molar refractivity (Wildman–Crippen MR) is 136 cm³/mol. The highest BCUT2D eigenvalue weighted by atomic mass is 32.1. The largest absolute Gasteiger partial charge is 0.345 e. The molecule has 0 radical (unpaired) electrons. The Balaban J connectivity index is 1.24. The summed E-state index contributed by atoms with van der Waals surface area (Å²) in [5, 5.41) is 8.94. The second kappa shape index (κ2) is 9.15. The summed E-state index contributed by atoms with van der Waals surface area (Å²) in [7, 11) is 1.93. The number of piperazine rings is 1. The smallest absolute Gasteiger partial charge is 0.261 e. The molecule has 8 nitrogen and oxygen atoms in total.